The number of sulfonamides is 1. The van der Waals surface area contributed by atoms with Gasteiger partial charge in [0.2, 0.25) is 15.9 Å². The predicted octanol–water partition coefficient (Wildman–Crippen LogP) is 4.84. The molecular weight excluding hydrogens is 532 g/mol. The van der Waals surface area contributed by atoms with Crippen LogP contribution in [0.15, 0.2) is 41.3 Å². The maximum absolute atomic E-state index is 14.2. The number of benzene rings is 2. The summed E-state index contributed by atoms with van der Waals surface area (Å²) in [6, 6.07) is 7.77. The Morgan fingerprint density at radius 1 is 1.17 bits per heavy atom. The lowest BCUT2D eigenvalue weighted by atomic mass is 9.96. The van der Waals surface area contributed by atoms with Gasteiger partial charge in [0.15, 0.2) is 5.13 Å². The molecule has 0 aliphatic carbocycles. The number of thiazole rings is 1. The van der Waals surface area contributed by atoms with E-state index < -0.39 is 32.5 Å². The molecular formula is C24H24ClF2N3O4S2. The number of hydrogen-bond acceptors (Lipinski definition) is 6. The Morgan fingerprint density at radius 3 is 2.64 bits per heavy atom. The van der Waals surface area contributed by atoms with E-state index in [4.69, 9.17) is 16.3 Å². The minimum atomic E-state index is -4.15. The molecule has 2 aliphatic heterocycles. The molecule has 3 heterocycles. The standard InChI is InChI=1S/C24H24ClF2N3O4S2/c25-16-3-5-20-21(12-16)35-24(28-20)30(14-18-2-1-11-34-18)23(31)15-7-9-29(10-8-15)36(32,33)22-6-4-17(26)13-19(22)27/h3-6,12-13,15,18H,1-2,7-11,14H2. The van der Waals surface area contributed by atoms with Crippen molar-refractivity contribution < 1.29 is 26.7 Å². The summed E-state index contributed by atoms with van der Waals surface area (Å²) < 4.78 is 61.1. The van der Waals surface area contributed by atoms with E-state index in [1.165, 1.54) is 11.3 Å². The van der Waals surface area contributed by atoms with Crippen molar-refractivity contribution in [2.45, 2.75) is 36.7 Å². The van der Waals surface area contributed by atoms with Gasteiger partial charge < -0.3 is 4.74 Å². The Bertz CT molecular complexity index is 1390. The van der Waals surface area contributed by atoms with Crippen LogP contribution in [0.4, 0.5) is 13.9 Å². The summed E-state index contributed by atoms with van der Waals surface area (Å²) in [4.78, 5) is 19.4. The van der Waals surface area contributed by atoms with Gasteiger partial charge >= 0.3 is 0 Å². The van der Waals surface area contributed by atoms with E-state index >= 15 is 0 Å². The maximum atomic E-state index is 14.2. The lowest BCUT2D eigenvalue weighted by Gasteiger charge is -2.33. The first-order valence-electron chi connectivity index (χ1n) is 11.7. The zero-order valence-corrected chi connectivity index (χ0v) is 21.6. The number of aromatic nitrogens is 1. The molecule has 36 heavy (non-hydrogen) atoms. The second-order valence-electron chi connectivity index (χ2n) is 8.95. The SMILES string of the molecule is O=C(C1CCN(S(=O)(=O)c2ccc(F)cc2F)CC1)N(CC1CCCO1)c1nc2ccc(Cl)cc2s1. The third-order valence-electron chi connectivity index (χ3n) is 6.56. The van der Waals surface area contributed by atoms with Gasteiger partial charge in [-0.2, -0.15) is 4.31 Å². The molecule has 1 unspecified atom stereocenters. The molecule has 3 aromatic rings. The monoisotopic (exact) mass is 555 g/mol. The Hall–Kier alpha value is -2.18. The summed E-state index contributed by atoms with van der Waals surface area (Å²) in [6.45, 7) is 1.13. The van der Waals surface area contributed by atoms with Gasteiger partial charge in [0.1, 0.15) is 16.5 Å². The van der Waals surface area contributed by atoms with Crippen LogP contribution < -0.4 is 4.90 Å². The first kappa shape index (κ1) is 25.5. The van der Waals surface area contributed by atoms with Crippen molar-refractivity contribution in [1.29, 1.82) is 0 Å². The van der Waals surface area contributed by atoms with Crippen molar-refractivity contribution in [2.24, 2.45) is 5.92 Å². The number of nitrogens with zero attached hydrogens (tertiary/aromatic N) is 3. The first-order chi connectivity index (χ1) is 17.2. The smallest absolute Gasteiger partial charge is 0.245 e. The summed E-state index contributed by atoms with van der Waals surface area (Å²) >= 11 is 7.50. The van der Waals surface area contributed by atoms with Crippen molar-refractivity contribution in [3.8, 4) is 0 Å². The van der Waals surface area contributed by atoms with Gasteiger partial charge in [-0.25, -0.2) is 22.2 Å². The van der Waals surface area contributed by atoms with Crippen LogP contribution in [-0.2, 0) is 19.6 Å². The summed E-state index contributed by atoms with van der Waals surface area (Å²) in [5.74, 6) is -2.54. The summed E-state index contributed by atoms with van der Waals surface area (Å²) in [5.41, 5.74) is 0.742. The minimum absolute atomic E-state index is 0.0543. The van der Waals surface area contributed by atoms with Crippen LogP contribution in [0.1, 0.15) is 25.7 Å². The molecule has 1 amide bonds. The number of anilines is 1. The van der Waals surface area contributed by atoms with Gasteiger partial charge in [-0.15, -0.1) is 0 Å². The highest BCUT2D eigenvalue weighted by Crippen LogP contribution is 2.34. The van der Waals surface area contributed by atoms with Crippen molar-refractivity contribution in [1.82, 2.24) is 9.29 Å². The van der Waals surface area contributed by atoms with Crippen LogP contribution in [0.3, 0.4) is 0 Å². The second kappa shape index (κ2) is 10.3. The topological polar surface area (TPSA) is 79.8 Å². The van der Waals surface area contributed by atoms with E-state index in [0.29, 0.717) is 29.4 Å². The Balaban J connectivity index is 1.34. The van der Waals surface area contributed by atoms with Crippen LogP contribution in [0, 0.1) is 17.6 Å². The van der Waals surface area contributed by atoms with Gasteiger partial charge in [0.05, 0.1) is 22.9 Å². The molecule has 12 heteroatoms. The van der Waals surface area contributed by atoms with Crippen molar-refractivity contribution >= 4 is 54.2 Å². The molecule has 2 fully saturated rings. The number of amides is 1. The van der Waals surface area contributed by atoms with Crippen molar-refractivity contribution in [3.05, 3.63) is 53.1 Å². The van der Waals surface area contributed by atoms with Gasteiger partial charge in [-0.3, -0.25) is 9.69 Å². The van der Waals surface area contributed by atoms with Gasteiger partial charge in [-0.05, 0) is 56.0 Å². The third-order valence-corrected chi connectivity index (χ3v) is 9.77. The van der Waals surface area contributed by atoms with Gasteiger partial charge in [0.25, 0.3) is 0 Å². The lowest BCUT2D eigenvalue weighted by Crippen LogP contribution is -2.46. The zero-order valence-electron chi connectivity index (χ0n) is 19.2. The molecule has 2 aromatic carbocycles. The van der Waals surface area contributed by atoms with Crippen LogP contribution in [0.5, 0.6) is 0 Å². The molecule has 5 rings (SSSR count). The summed E-state index contributed by atoms with van der Waals surface area (Å²) in [6.07, 6.45) is 2.24. The van der Waals surface area contributed by atoms with E-state index in [-0.39, 0.29) is 37.9 Å². The molecule has 192 valence electrons. The van der Waals surface area contributed by atoms with E-state index in [0.717, 1.165) is 39.5 Å². The largest absolute Gasteiger partial charge is 0.376 e. The Morgan fingerprint density at radius 2 is 1.94 bits per heavy atom. The highest BCUT2D eigenvalue weighted by molar-refractivity contribution is 7.89. The van der Waals surface area contributed by atoms with E-state index in [9.17, 15) is 22.0 Å². The molecule has 0 spiro atoms. The van der Waals surface area contributed by atoms with Gasteiger partial charge in [-0.1, -0.05) is 22.9 Å². The number of piperidine rings is 1. The van der Waals surface area contributed by atoms with Gasteiger partial charge in [0, 0.05) is 36.7 Å². The minimum Gasteiger partial charge on any atom is -0.376 e. The Labute approximate surface area is 216 Å². The highest BCUT2D eigenvalue weighted by Gasteiger charge is 2.37. The fraction of sp³-hybridized carbons (Fsp3) is 0.417. The van der Waals surface area contributed by atoms with Crippen LogP contribution in [0.2, 0.25) is 5.02 Å². The summed E-state index contributed by atoms with van der Waals surface area (Å²) in [5, 5.41) is 1.14. The van der Waals surface area contributed by atoms with Crippen LogP contribution in [-0.4, -0.2) is 56.0 Å². The fourth-order valence-corrected chi connectivity index (χ4v) is 7.41. The number of ether oxygens (including phenoxy) is 1. The third kappa shape index (κ3) is 5.12. The van der Waals surface area contributed by atoms with Crippen molar-refractivity contribution in [2.75, 3.05) is 31.1 Å². The fourth-order valence-electron chi connectivity index (χ4n) is 4.64. The highest BCUT2D eigenvalue weighted by atomic mass is 35.5. The van der Waals surface area contributed by atoms with E-state index in [2.05, 4.69) is 4.98 Å². The van der Waals surface area contributed by atoms with Crippen LogP contribution >= 0.6 is 22.9 Å². The van der Waals surface area contributed by atoms with Crippen LogP contribution in [0.25, 0.3) is 10.2 Å². The second-order valence-corrected chi connectivity index (χ2v) is 12.3. The quantitative estimate of drug-likeness (QED) is 0.435. The molecule has 0 saturated carbocycles. The van der Waals surface area contributed by atoms with E-state index in [1.54, 1.807) is 11.0 Å². The number of carbonyl (C=O) groups excluding carboxylic acids is 1. The zero-order chi connectivity index (χ0) is 25.4. The number of fused-ring (bicyclic) bond motifs is 1. The average Bonchev–Trinajstić information content (AvgIpc) is 3.51. The molecule has 7 nitrogen and oxygen atoms in total. The number of hydrogen-bond donors (Lipinski definition) is 0. The molecule has 2 saturated heterocycles. The average molecular weight is 556 g/mol. The Kier molecular flexibility index (Phi) is 7.28. The molecule has 0 N–H and O–H groups in total. The number of halogens is 3. The molecule has 1 atom stereocenters. The van der Waals surface area contributed by atoms with Crippen molar-refractivity contribution in [3.63, 3.8) is 0 Å². The lowest BCUT2D eigenvalue weighted by molar-refractivity contribution is -0.123. The first-order valence-corrected chi connectivity index (χ1v) is 14.3. The van der Waals surface area contributed by atoms with E-state index in [1.807, 2.05) is 12.1 Å². The number of carbonyl (C=O) groups is 1. The normalized spacial score (nSPS) is 19.7. The molecule has 0 radical (unpaired) electrons. The molecule has 0 bridgehead atoms. The number of rotatable bonds is 6. The maximum Gasteiger partial charge on any atom is 0.245 e. The predicted molar refractivity (Wildman–Crippen MR) is 134 cm³/mol. The molecule has 2 aliphatic rings. The summed E-state index contributed by atoms with van der Waals surface area (Å²) in [7, 11) is -4.15. The molecule has 1 aromatic heterocycles.